The van der Waals surface area contributed by atoms with Gasteiger partial charge in [0.1, 0.15) is 12.4 Å². The molecule has 4 N–H and O–H groups in total. The molecule has 3 rings (SSSR count). The number of nitrogens with zero attached hydrogens (tertiary/aromatic N) is 2. The highest BCUT2D eigenvalue weighted by molar-refractivity contribution is 6.06. The van der Waals surface area contributed by atoms with Crippen molar-refractivity contribution in [2.75, 3.05) is 38.3 Å². The van der Waals surface area contributed by atoms with Crippen molar-refractivity contribution in [2.24, 2.45) is 11.7 Å². The Bertz CT molecular complexity index is 1110. The molecule has 2 aliphatic rings. The largest absolute Gasteiger partial charge is 0.496 e. The summed E-state index contributed by atoms with van der Waals surface area (Å²) >= 11 is 0. The Morgan fingerprint density at radius 3 is 2.62 bits per heavy atom. The minimum atomic E-state index is -0.809. The van der Waals surface area contributed by atoms with Crippen molar-refractivity contribution in [3.8, 4) is 5.75 Å². The van der Waals surface area contributed by atoms with Gasteiger partial charge in [0.05, 0.1) is 24.3 Å². The third-order valence-corrected chi connectivity index (χ3v) is 8.16. The number of anilines is 1. The van der Waals surface area contributed by atoms with Crippen LogP contribution in [-0.2, 0) is 22.6 Å². The van der Waals surface area contributed by atoms with Gasteiger partial charge >= 0.3 is 18.0 Å². The first kappa shape index (κ1) is 31.4. The summed E-state index contributed by atoms with van der Waals surface area (Å²) in [6.07, 6.45) is 6.60. The third-order valence-electron chi connectivity index (χ3n) is 8.16. The zero-order chi connectivity index (χ0) is 29.4. The van der Waals surface area contributed by atoms with Gasteiger partial charge in [-0.1, -0.05) is 38.3 Å². The second-order valence-electron chi connectivity index (χ2n) is 10.9. The molecular weight excluding hydrogens is 512 g/mol. The molecule has 40 heavy (non-hydrogen) atoms. The lowest BCUT2D eigenvalue weighted by Crippen LogP contribution is -2.45. The number of hydrogen-bond donors (Lipinski definition) is 3. The average Bonchev–Trinajstić information content (AvgIpc) is 3.58. The molecule has 10 nitrogen and oxygen atoms in total. The van der Waals surface area contributed by atoms with Crippen molar-refractivity contribution in [3.63, 3.8) is 0 Å². The molecule has 0 saturated carbocycles. The van der Waals surface area contributed by atoms with E-state index in [2.05, 4.69) is 17.1 Å². The van der Waals surface area contributed by atoms with E-state index in [4.69, 9.17) is 15.2 Å². The number of unbranched alkanes of at least 4 members (excludes halogenated alkanes) is 1. The second kappa shape index (κ2) is 14.5. The van der Waals surface area contributed by atoms with Crippen LogP contribution in [0.5, 0.6) is 5.75 Å². The average molecular weight is 559 g/mol. The monoisotopic (exact) mass is 558 g/mol. The molecule has 1 aromatic carbocycles. The van der Waals surface area contributed by atoms with Gasteiger partial charge < -0.3 is 25.6 Å². The number of benzene rings is 1. The van der Waals surface area contributed by atoms with Crippen LogP contribution in [-0.4, -0.2) is 67.4 Å². The van der Waals surface area contributed by atoms with Gasteiger partial charge in [-0.15, -0.1) is 0 Å². The fraction of sp³-hybridized carbons (Fsp3) is 0.633. The summed E-state index contributed by atoms with van der Waals surface area (Å²) in [7, 11) is 1.58. The van der Waals surface area contributed by atoms with Crippen molar-refractivity contribution >= 4 is 23.7 Å². The Morgan fingerprint density at radius 2 is 2.05 bits per heavy atom. The smallest absolute Gasteiger partial charge is 0.341 e. The molecule has 2 amide bonds. The van der Waals surface area contributed by atoms with E-state index in [1.807, 2.05) is 26.8 Å². The molecule has 222 valence electrons. The van der Waals surface area contributed by atoms with Crippen molar-refractivity contribution in [2.45, 2.75) is 85.3 Å². The molecule has 0 aliphatic carbocycles. The number of rotatable bonds is 15. The molecule has 1 fully saturated rings. The van der Waals surface area contributed by atoms with Gasteiger partial charge in [0, 0.05) is 43.5 Å². The second-order valence-corrected chi connectivity index (χ2v) is 10.9. The first-order valence-corrected chi connectivity index (χ1v) is 14.4. The number of ether oxygens (including phenoxy) is 2. The molecule has 0 radical (unpaired) electrons. The molecule has 1 saturated heterocycles. The fourth-order valence-electron chi connectivity index (χ4n) is 5.87. The number of esters is 1. The first-order chi connectivity index (χ1) is 19.1. The highest BCUT2D eigenvalue weighted by Gasteiger charge is 2.37. The zero-order valence-electron chi connectivity index (χ0n) is 24.7. The van der Waals surface area contributed by atoms with Crippen molar-refractivity contribution < 1.29 is 29.0 Å². The normalized spacial score (nSPS) is 16.9. The minimum Gasteiger partial charge on any atom is -0.496 e. The minimum absolute atomic E-state index is 0.115. The standard InChI is InChI=1S/C30H46N4O6/c1-6-8-9-22(7-2)34(30(31)38)26-23(27(39-5)20(4)24-17-40-29(37)25(24)26)11-10-19(3)16-21(28(35)36)12-14-33-15-13-32-18-33/h10,21-22,32H,6-9,11-18H2,1-5H3,(H2,31,38)(H,35,36)/b19-10+. The third kappa shape index (κ3) is 7.14. The van der Waals surface area contributed by atoms with E-state index >= 15 is 0 Å². The van der Waals surface area contributed by atoms with Gasteiger partial charge in [-0.2, -0.15) is 0 Å². The topological polar surface area (TPSA) is 134 Å². The van der Waals surface area contributed by atoms with Crippen LogP contribution in [0, 0.1) is 12.8 Å². The summed E-state index contributed by atoms with van der Waals surface area (Å²) in [6, 6.07) is -0.817. The van der Waals surface area contributed by atoms with Gasteiger partial charge in [-0.25, -0.2) is 9.59 Å². The SMILES string of the molecule is CCCCC(CC)N(C(N)=O)c1c(C/C=C(\C)CC(CCN2CCNC2)C(=O)O)c(OC)c(C)c2c1C(=O)OC2. The molecule has 2 aliphatic heterocycles. The van der Waals surface area contributed by atoms with Crippen LogP contribution in [0.15, 0.2) is 11.6 Å². The number of hydrogen-bond acceptors (Lipinski definition) is 7. The van der Waals surface area contributed by atoms with Gasteiger partial charge in [0.25, 0.3) is 0 Å². The lowest BCUT2D eigenvalue weighted by Gasteiger charge is -2.33. The molecule has 2 unspecified atom stereocenters. The van der Waals surface area contributed by atoms with E-state index in [1.165, 1.54) is 0 Å². The molecule has 0 aromatic heterocycles. The number of aliphatic carboxylic acids is 1. The number of cyclic esters (lactones) is 1. The van der Waals surface area contributed by atoms with Crippen LogP contribution in [0.4, 0.5) is 10.5 Å². The summed E-state index contributed by atoms with van der Waals surface area (Å²) in [5.41, 5.74) is 9.93. The number of methoxy groups -OCH3 is 1. The van der Waals surface area contributed by atoms with E-state index < -0.39 is 23.9 Å². The van der Waals surface area contributed by atoms with Gasteiger partial charge in [-0.3, -0.25) is 14.6 Å². The summed E-state index contributed by atoms with van der Waals surface area (Å²) in [5.74, 6) is -1.20. The maximum atomic E-state index is 13.1. The Morgan fingerprint density at radius 1 is 1.30 bits per heavy atom. The number of fused-ring (bicyclic) bond motifs is 1. The number of nitrogens with one attached hydrogen (secondary N) is 1. The van der Waals surface area contributed by atoms with Crippen LogP contribution < -0.4 is 20.7 Å². The van der Waals surface area contributed by atoms with Crippen LogP contribution in [0.1, 0.15) is 86.3 Å². The molecule has 0 bridgehead atoms. The number of amides is 2. The quantitative estimate of drug-likeness (QED) is 0.214. The van der Waals surface area contributed by atoms with Gasteiger partial charge in [-0.05, 0) is 51.5 Å². The van der Waals surface area contributed by atoms with E-state index in [9.17, 15) is 19.5 Å². The highest BCUT2D eigenvalue weighted by Crippen LogP contribution is 2.44. The highest BCUT2D eigenvalue weighted by atomic mass is 16.5. The van der Waals surface area contributed by atoms with Crippen LogP contribution in [0.25, 0.3) is 0 Å². The Labute approximate surface area is 237 Å². The van der Waals surface area contributed by atoms with Crippen molar-refractivity contribution in [1.29, 1.82) is 0 Å². The van der Waals surface area contributed by atoms with E-state index in [0.29, 0.717) is 53.8 Å². The number of carbonyl (C=O) groups excluding carboxylic acids is 2. The van der Waals surface area contributed by atoms with Crippen LogP contribution in [0.2, 0.25) is 0 Å². The maximum Gasteiger partial charge on any atom is 0.341 e. The zero-order valence-corrected chi connectivity index (χ0v) is 24.7. The van der Waals surface area contributed by atoms with Crippen molar-refractivity contribution in [1.82, 2.24) is 10.2 Å². The summed E-state index contributed by atoms with van der Waals surface area (Å²) in [4.78, 5) is 41.9. The Kier molecular flexibility index (Phi) is 11.4. The summed E-state index contributed by atoms with van der Waals surface area (Å²) in [6.45, 7) is 11.4. The summed E-state index contributed by atoms with van der Waals surface area (Å²) < 4.78 is 11.3. The lowest BCUT2D eigenvalue weighted by atomic mass is 9.90. The number of nitrogens with two attached hydrogens (primary N) is 1. The first-order valence-electron chi connectivity index (χ1n) is 14.4. The predicted molar refractivity (Wildman–Crippen MR) is 155 cm³/mol. The number of carboxylic acids is 1. The molecule has 0 spiro atoms. The fourth-order valence-corrected chi connectivity index (χ4v) is 5.87. The maximum absolute atomic E-state index is 13.1. The number of allylic oxidation sites excluding steroid dienone is 2. The van der Waals surface area contributed by atoms with Crippen LogP contribution >= 0.6 is 0 Å². The number of carbonyl (C=O) groups is 3. The number of urea groups is 1. The predicted octanol–water partition coefficient (Wildman–Crippen LogP) is 4.36. The van der Waals surface area contributed by atoms with E-state index in [1.54, 1.807) is 12.0 Å². The van der Waals surface area contributed by atoms with Crippen molar-refractivity contribution in [3.05, 3.63) is 33.9 Å². The molecule has 2 atom stereocenters. The summed E-state index contributed by atoms with van der Waals surface area (Å²) in [5, 5.41) is 13.2. The molecule has 10 heteroatoms. The number of primary amides is 1. The van der Waals surface area contributed by atoms with E-state index in [-0.39, 0.29) is 12.6 Å². The Hall–Kier alpha value is -3.11. The lowest BCUT2D eigenvalue weighted by molar-refractivity contribution is -0.142. The van der Waals surface area contributed by atoms with Gasteiger partial charge in [0.2, 0.25) is 0 Å². The van der Waals surface area contributed by atoms with E-state index in [0.717, 1.165) is 56.7 Å². The molecule has 2 heterocycles. The number of carboxylic acid groups (broad SMARTS) is 1. The van der Waals surface area contributed by atoms with Gasteiger partial charge in [0.15, 0.2) is 0 Å². The molecule has 1 aromatic rings. The Balaban J connectivity index is 2.02. The molecular formula is C30H46N4O6. The van der Waals surface area contributed by atoms with Crippen LogP contribution in [0.3, 0.4) is 0 Å².